The second kappa shape index (κ2) is 6.14. The largest absolute Gasteiger partial charge is 0.465 e. The first-order valence-corrected chi connectivity index (χ1v) is 6.15. The monoisotopic (exact) mass is 274 g/mol. The molecule has 20 heavy (non-hydrogen) atoms. The summed E-state index contributed by atoms with van der Waals surface area (Å²) in [7, 11) is 1.34. The van der Waals surface area contributed by atoms with Crippen LogP contribution in [-0.2, 0) is 4.74 Å². The smallest absolute Gasteiger partial charge is 0.337 e. The number of carbonyl (C=O) groups is 1. The lowest BCUT2D eigenvalue weighted by atomic mass is 10.1. The number of nitrogens with zero attached hydrogens (tertiary/aromatic N) is 1. The minimum absolute atomic E-state index is 0.133. The summed E-state index contributed by atoms with van der Waals surface area (Å²) in [4.78, 5) is 15.3. The molecule has 0 aliphatic rings. The number of methoxy groups -OCH3 is 1. The Kier molecular flexibility index (Phi) is 4.30. The number of hydrogen-bond acceptors (Lipinski definition) is 4. The van der Waals surface area contributed by atoms with Crippen molar-refractivity contribution in [3.63, 3.8) is 0 Å². The molecule has 0 spiro atoms. The zero-order valence-electron chi connectivity index (χ0n) is 11.3. The maximum atomic E-state index is 13.1. The summed E-state index contributed by atoms with van der Waals surface area (Å²) in [5.74, 6) is -0.770. The summed E-state index contributed by atoms with van der Waals surface area (Å²) in [5, 5.41) is 3.19. The topological polar surface area (TPSA) is 51.2 Å². The second-order valence-corrected chi connectivity index (χ2v) is 4.37. The van der Waals surface area contributed by atoms with Crippen LogP contribution in [0.3, 0.4) is 0 Å². The second-order valence-electron chi connectivity index (χ2n) is 4.37. The van der Waals surface area contributed by atoms with Crippen LogP contribution in [0.1, 0.15) is 28.9 Å². The maximum absolute atomic E-state index is 13.1. The molecule has 0 radical (unpaired) electrons. The van der Waals surface area contributed by atoms with Gasteiger partial charge < -0.3 is 10.1 Å². The summed E-state index contributed by atoms with van der Waals surface area (Å²) >= 11 is 0. The Morgan fingerprint density at radius 3 is 2.85 bits per heavy atom. The van der Waals surface area contributed by atoms with Crippen LogP contribution in [0.2, 0.25) is 0 Å². The van der Waals surface area contributed by atoms with Crippen LogP contribution < -0.4 is 5.32 Å². The van der Waals surface area contributed by atoms with E-state index in [1.165, 1.54) is 13.2 Å². The van der Waals surface area contributed by atoms with Gasteiger partial charge in [0.25, 0.3) is 0 Å². The van der Waals surface area contributed by atoms with Gasteiger partial charge in [-0.1, -0.05) is 6.07 Å². The molecule has 104 valence electrons. The Morgan fingerprint density at radius 1 is 1.35 bits per heavy atom. The van der Waals surface area contributed by atoms with E-state index in [1.54, 1.807) is 24.4 Å². The SMILES string of the molecule is COC(=O)c1cccc(NC(C)c2cncc(F)c2)c1. The number of ether oxygens (including phenoxy) is 1. The van der Waals surface area contributed by atoms with Gasteiger partial charge in [0.1, 0.15) is 5.82 Å². The molecule has 5 heteroatoms. The van der Waals surface area contributed by atoms with E-state index in [-0.39, 0.29) is 11.9 Å². The number of pyridine rings is 1. The molecule has 1 aromatic carbocycles. The van der Waals surface area contributed by atoms with Crippen LogP contribution in [0.4, 0.5) is 10.1 Å². The molecule has 0 amide bonds. The third kappa shape index (κ3) is 3.32. The molecule has 0 saturated heterocycles. The fourth-order valence-electron chi connectivity index (χ4n) is 1.85. The van der Waals surface area contributed by atoms with Crippen LogP contribution in [0.15, 0.2) is 42.7 Å². The molecular weight excluding hydrogens is 259 g/mol. The molecule has 1 unspecified atom stereocenters. The number of halogens is 1. The Hall–Kier alpha value is -2.43. The summed E-state index contributed by atoms with van der Waals surface area (Å²) in [5.41, 5.74) is 1.94. The number of carbonyl (C=O) groups excluding carboxylic acids is 1. The molecule has 0 aliphatic carbocycles. The lowest BCUT2D eigenvalue weighted by Gasteiger charge is -2.15. The highest BCUT2D eigenvalue weighted by atomic mass is 19.1. The number of esters is 1. The minimum atomic E-state index is -0.395. The van der Waals surface area contributed by atoms with Crippen molar-refractivity contribution >= 4 is 11.7 Å². The number of nitrogens with one attached hydrogen (secondary N) is 1. The van der Waals surface area contributed by atoms with Crippen LogP contribution in [-0.4, -0.2) is 18.1 Å². The highest BCUT2D eigenvalue weighted by Crippen LogP contribution is 2.20. The van der Waals surface area contributed by atoms with Crippen molar-refractivity contribution in [3.8, 4) is 0 Å². The van der Waals surface area contributed by atoms with Gasteiger partial charge in [-0.2, -0.15) is 0 Å². The van der Waals surface area contributed by atoms with Crippen molar-refractivity contribution in [2.75, 3.05) is 12.4 Å². The number of rotatable bonds is 4. The number of benzene rings is 1. The van der Waals surface area contributed by atoms with E-state index in [2.05, 4.69) is 15.0 Å². The van der Waals surface area contributed by atoms with E-state index in [0.717, 1.165) is 17.4 Å². The fraction of sp³-hybridized carbons (Fsp3) is 0.200. The van der Waals surface area contributed by atoms with E-state index >= 15 is 0 Å². The molecule has 1 N–H and O–H groups in total. The van der Waals surface area contributed by atoms with Crippen LogP contribution in [0.5, 0.6) is 0 Å². The third-order valence-electron chi connectivity index (χ3n) is 2.89. The lowest BCUT2D eigenvalue weighted by Crippen LogP contribution is -2.08. The molecule has 2 aromatic rings. The van der Waals surface area contributed by atoms with Gasteiger partial charge in [-0.15, -0.1) is 0 Å². The fourth-order valence-corrected chi connectivity index (χ4v) is 1.85. The zero-order valence-corrected chi connectivity index (χ0v) is 11.3. The lowest BCUT2D eigenvalue weighted by molar-refractivity contribution is 0.0601. The van der Waals surface area contributed by atoms with Crippen molar-refractivity contribution in [2.24, 2.45) is 0 Å². The first-order valence-electron chi connectivity index (χ1n) is 6.15. The van der Waals surface area contributed by atoms with Crippen molar-refractivity contribution in [1.82, 2.24) is 4.98 Å². The predicted octanol–water partition coefficient (Wildman–Crippen LogP) is 3.18. The summed E-state index contributed by atoms with van der Waals surface area (Å²) in [6.07, 6.45) is 2.76. The van der Waals surface area contributed by atoms with Gasteiger partial charge >= 0.3 is 5.97 Å². The molecule has 2 rings (SSSR count). The molecule has 1 atom stereocenters. The van der Waals surface area contributed by atoms with Crippen LogP contribution in [0.25, 0.3) is 0 Å². The van der Waals surface area contributed by atoms with Gasteiger partial charge in [-0.25, -0.2) is 9.18 Å². The summed E-state index contributed by atoms with van der Waals surface area (Å²) in [6, 6.07) is 8.24. The number of anilines is 1. The van der Waals surface area contributed by atoms with E-state index in [4.69, 9.17) is 0 Å². The third-order valence-corrected chi connectivity index (χ3v) is 2.89. The van der Waals surface area contributed by atoms with Gasteiger partial charge in [0.2, 0.25) is 0 Å². The van der Waals surface area contributed by atoms with E-state index in [0.29, 0.717) is 5.56 Å². The first-order chi connectivity index (χ1) is 9.60. The molecule has 0 bridgehead atoms. The number of aromatic nitrogens is 1. The summed E-state index contributed by atoms with van der Waals surface area (Å²) < 4.78 is 17.8. The van der Waals surface area contributed by atoms with Crippen molar-refractivity contribution in [1.29, 1.82) is 0 Å². The van der Waals surface area contributed by atoms with Gasteiger partial charge in [0, 0.05) is 11.9 Å². The van der Waals surface area contributed by atoms with Gasteiger partial charge in [0.05, 0.1) is 24.9 Å². The molecule has 0 aliphatic heterocycles. The van der Waals surface area contributed by atoms with E-state index < -0.39 is 5.97 Å². The van der Waals surface area contributed by atoms with E-state index in [9.17, 15) is 9.18 Å². The maximum Gasteiger partial charge on any atom is 0.337 e. The van der Waals surface area contributed by atoms with Gasteiger partial charge in [-0.3, -0.25) is 4.98 Å². The molecular formula is C15H15FN2O2. The molecule has 4 nitrogen and oxygen atoms in total. The van der Waals surface area contributed by atoms with Gasteiger partial charge in [0.15, 0.2) is 0 Å². The number of hydrogen-bond donors (Lipinski definition) is 1. The Morgan fingerprint density at radius 2 is 2.15 bits per heavy atom. The van der Waals surface area contributed by atoms with E-state index in [1.807, 2.05) is 13.0 Å². The molecule has 0 saturated carbocycles. The molecule has 1 aromatic heterocycles. The summed E-state index contributed by atoms with van der Waals surface area (Å²) in [6.45, 7) is 1.89. The minimum Gasteiger partial charge on any atom is -0.465 e. The molecule has 1 heterocycles. The molecule has 0 fully saturated rings. The van der Waals surface area contributed by atoms with Crippen molar-refractivity contribution < 1.29 is 13.9 Å². The standard InChI is InChI=1S/C15H15FN2O2/c1-10(12-6-13(16)9-17-8-12)18-14-5-3-4-11(7-14)15(19)20-2/h3-10,18H,1-2H3. The first kappa shape index (κ1) is 14.0. The predicted molar refractivity (Wildman–Crippen MR) is 74.0 cm³/mol. The highest BCUT2D eigenvalue weighted by molar-refractivity contribution is 5.90. The quantitative estimate of drug-likeness (QED) is 0.870. The average molecular weight is 274 g/mol. The van der Waals surface area contributed by atoms with Crippen LogP contribution >= 0.6 is 0 Å². The van der Waals surface area contributed by atoms with Crippen molar-refractivity contribution in [3.05, 3.63) is 59.7 Å². The van der Waals surface area contributed by atoms with Crippen molar-refractivity contribution in [2.45, 2.75) is 13.0 Å². The Labute approximate surface area is 116 Å². The Bertz CT molecular complexity index is 616. The normalized spacial score (nSPS) is 11.8. The van der Waals surface area contributed by atoms with Gasteiger partial charge in [-0.05, 0) is 36.8 Å². The Balaban J connectivity index is 2.15. The zero-order chi connectivity index (χ0) is 14.5. The highest BCUT2D eigenvalue weighted by Gasteiger charge is 2.09. The average Bonchev–Trinajstić information content (AvgIpc) is 2.46. The van der Waals surface area contributed by atoms with Crippen LogP contribution in [0, 0.1) is 5.82 Å².